The van der Waals surface area contributed by atoms with E-state index in [1.165, 1.54) is 12.1 Å². The van der Waals surface area contributed by atoms with E-state index < -0.39 is 16.2 Å². The zero-order valence-corrected chi connectivity index (χ0v) is 12.1. The molecule has 1 unspecified atom stereocenters. The van der Waals surface area contributed by atoms with Gasteiger partial charge >= 0.3 is 5.51 Å². The lowest BCUT2D eigenvalue weighted by molar-refractivity contribution is -0.521. The molecule has 0 radical (unpaired) electrons. The van der Waals surface area contributed by atoms with Gasteiger partial charge in [0.25, 0.3) is 5.84 Å². The van der Waals surface area contributed by atoms with Gasteiger partial charge in [-0.1, -0.05) is 18.2 Å². The Morgan fingerprint density at radius 1 is 1.16 bits per heavy atom. The van der Waals surface area contributed by atoms with Crippen molar-refractivity contribution < 1.29 is 17.7 Å². The summed E-state index contributed by atoms with van der Waals surface area (Å²) in [4.78, 5) is 0.196. The maximum Gasteiger partial charge on any atom is 0.479 e. The van der Waals surface area contributed by atoms with Gasteiger partial charge in [-0.25, -0.2) is 0 Å². The number of halogens is 3. The van der Waals surface area contributed by atoms with Crippen LogP contribution in [-0.4, -0.2) is 29.0 Å². The minimum absolute atomic E-state index is 0.196. The third-order valence-electron chi connectivity index (χ3n) is 2.63. The highest BCUT2D eigenvalue weighted by Gasteiger charge is 2.40. The van der Waals surface area contributed by atoms with Crippen LogP contribution in [0.1, 0.15) is 20.8 Å². The topological polar surface area (TPSA) is 15.4 Å². The van der Waals surface area contributed by atoms with Gasteiger partial charge in [0, 0.05) is 6.92 Å². The second-order valence-electron chi connectivity index (χ2n) is 3.85. The zero-order valence-electron chi connectivity index (χ0n) is 11.2. The number of rotatable bonds is 3. The Morgan fingerprint density at radius 2 is 1.68 bits per heavy atom. The molecule has 1 aromatic carbocycles. The molecule has 0 spiro atoms. The quantitative estimate of drug-likeness (QED) is 0.457. The van der Waals surface area contributed by atoms with Crippen molar-refractivity contribution in [2.75, 3.05) is 13.1 Å². The van der Waals surface area contributed by atoms with E-state index in [9.17, 15) is 13.2 Å². The molecular weight excluding hydrogens is 273 g/mol. The molecule has 1 atom stereocenters. The number of benzene rings is 1. The molecule has 0 amide bonds. The van der Waals surface area contributed by atoms with Crippen LogP contribution in [0.4, 0.5) is 13.2 Å². The van der Waals surface area contributed by atoms with Gasteiger partial charge in [0.2, 0.25) is 0 Å². The fourth-order valence-corrected chi connectivity index (χ4v) is 2.93. The van der Waals surface area contributed by atoms with Crippen molar-refractivity contribution in [1.82, 2.24) is 0 Å². The maximum atomic E-state index is 13.1. The first-order valence-corrected chi connectivity index (χ1v) is 7.24. The molecule has 0 saturated carbocycles. The van der Waals surface area contributed by atoms with Crippen molar-refractivity contribution >= 4 is 16.5 Å². The van der Waals surface area contributed by atoms with Gasteiger partial charge in [-0.2, -0.15) is 13.2 Å². The normalized spacial score (nSPS) is 13.4. The molecule has 1 rings (SSSR count). The van der Waals surface area contributed by atoms with E-state index in [0.29, 0.717) is 18.9 Å². The third-order valence-corrected chi connectivity index (χ3v) is 4.23. The Balaban J connectivity index is 3.31. The first-order chi connectivity index (χ1) is 8.90. The summed E-state index contributed by atoms with van der Waals surface area (Å²) < 4.78 is 45.1. The molecule has 106 valence electrons. The van der Waals surface area contributed by atoms with Crippen LogP contribution in [0.15, 0.2) is 39.6 Å². The second kappa shape index (κ2) is 6.84. The SMILES string of the molecule is CC[N+](CC)=C(C)N=S(c1ccccc1)C(F)(F)F. The summed E-state index contributed by atoms with van der Waals surface area (Å²) in [6.45, 7) is 6.72. The van der Waals surface area contributed by atoms with E-state index in [2.05, 4.69) is 4.36 Å². The molecule has 0 aromatic heterocycles. The molecule has 0 saturated heterocycles. The molecule has 0 aliphatic rings. The first kappa shape index (κ1) is 15.9. The van der Waals surface area contributed by atoms with Gasteiger partial charge in [-0.3, -0.25) is 4.58 Å². The van der Waals surface area contributed by atoms with Crippen LogP contribution in [0.2, 0.25) is 0 Å². The predicted molar refractivity (Wildman–Crippen MR) is 72.6 cm³/mol. The molecule has 0 bridgehead atoms. The number of hydrogen-bond acceptors (Lipinski definition) is 0. The second-order valence-corrected chi connectivity index (χ2v) is 5.54. The van der Waals surface area contributed by atoms with E-state index in [4.69, 9.17) is 0 Å². The van der Waals surface area contributed by atoms with Crippen molar-refractivity contribution in [3.8, 4) is 0 Å². The van der Waals surface area contributed by atoms with Gasteiger partial charge in [0.15, 0.2) is 10.7 Å². The molecule has 0 aliphatic carbocycles. The Bertz CT molecular complexity index is 472. The van der Waals surface area contributed by atoms with Crippen LogP contribution < -0.4 is 0 Å². The monoisotopic (exact) mass is 291 g/mol. The number of amidine groups is 1. The highest BCUT2D eigenvalue weighted by atomic mass is 32.2. The Kier molecular flexibility index (Phi) is 5.72. The van der Waals surface area contributed by atoms with Crippen LogP contribution >= 0.6 is 0 Å². The van der Waals surface area contributed by atoms with Crippen LogP contribution in [0, 0.1) is 0 Å². The summed E-state index contributed by atoms with van der Waals surface area (Å²) in [6.07, 6.45) is 0. The molecule has 1 aromatic rings. The van der Waals surface area contributed by atoms with Crippen LogP contribution in [-0.2, 0) is 10.7 Å². The smallest absolute Gasteiger partial charge is 0.262 e. The summed E-state index contributed by atoms with van der Waals surface area (Å²) in [6, 6.07) is 7.83. The van der Waals surface area contributed by atoms with Crippen molar-refractivity contribution in [1.29, 1.82) is 0 Å². The van der Waals surface area contributed by atoms with Gasteiger partial charge in [-0.05, 0) is 30.3 Å². The summed E-state index contributed by atoms with van der Waals surface area (Å²) >= 11 is 0. The minimum atomic E-state index is -4.35. The van der Waals surface area contributed by atoms with E-state index in [1.807, 2.05) is 18.4 Å². The minimum Gasteiger partial charge on any atom is -0.262 e. The Hall–Kier alpha value is -1.17. The third kappa shape index (κ3) is 4.45. The molecule has 0 fully saturated rings. The van der Waals surface area contributed by atoms with Crippen molar-refractivity contribution in [3.63, 3.8) is 0 Å². The maximum absolute atomic E-state index is 13.1. The number of hydrogen-bond donors (Lipinski definition) is 0. The lowest BCUT2D eigenvalue weighted by atomic mass is 10.4. The van der Waals surface area contributed by atoms with E-state index in [1.54, 1.807) is 25.1 Å². The molecular formula is C13H18F3N2S+. The fraction of sp³-hybridized carbons (Fsp3) is 0.462. The average molecular weight is 291 g/mol. The number of alkyl halides is 3. The van der Waals surface area contributed by atoms with E-state index in [-0.39, 0.29) is 4.90 Å². The van der Waals surface area contributed by atoms with Gasteiger partial charge in [0.1, 0.15) is 0 Å². The van der Waals surface area contributed by atoms with Crippen LogP contribution in [0.3, 0.4) is 0 Å². The van der Waals surface area contributed by atoms with Crippen molar-refractivity contribution in [3.05, 3.63) is 30.3 Å². The molecule has 0 heterocycles. The van der Waals surface area contributed by atoms with E-state index >= 15 is 0 Å². The number of nitrogens with zero attached hydrogens (tertiary/aromatic N) is 2. The zero-order chi connectivity index (χ0) is 14.5. The van der Waals surface area contributed by atoms with Gasteiger partial charge in [0.05, 0.1) is 18.0 Å². The summed E-state index contributed by atoms with van der Waals surface area (Å²) in [5, 5.41) is 0. The molecule has 19 heavy (non-hydrogen) atoms. The lowest BCUT2D eigenvalue weighted by Crippen LogP contribution is -2.22. The summed E-state index contributed by atoms with van der Waals surface area (Å²) in [7, 11) is -2.11. The highest BCUT2D eigenvalue weighted by Crippen LogP contribution is 2.28. The van der Waals surface area contributed by atoms with Crippen molar-refractivity contribution in [2.45, 2.75) is 31.2 Å². The fourth-order valence-electron chi connectivity index (χ4n) is 1.66. The van der Waals surface area contributed by atoms with Gasteiger partial charge in [-0.15, -0.1) is 0 Å². The molecule has 2 nitrogen and oxygen atoms in total. The standard InChI is InChI=1S/C13H18F3N2S/c1-4-18(5-2)11(3)17-19(13(14,15)16)12-9-7-6-8-10-12/h6-10H,4-5H2,1-3H3/q+1. The lowest BCUT2D eigenvalue weighted by Gasteiger charge is -2.08. The summed E-state index contributed by atoms with van der Waals surface area (Å²) in [5.41, 5.74) is -4.35. The molecule has 6 heteroatoms. The molecule has 0 aliphatic heterocycles. The highest BCUT2D eigenvalue weighted by molar-refractivity contribution is 7.88. The van der Waals surface area contributed by atoms with Crippen molar-refractivity contribution in [2.24, 2.45) is 4.36 Å². The van der Waals surface area contributed by atoms with Gasteiger partial charge < -0.3 is 0 Å². The summed E-state index contributed by atoms with van der Waals surface area (Å²) in [5.74, 6) is 0.425. The first-order valence-electron chi connectivity index (χ1n) is 6.06. The average Bonchev–Trinajstić information content (AvgIpc) is 2.37. The Labute approximate surface area is 114 Å². The Morgan fingerprint density at radius 3 is 2.11 bits per heavy atom. The van der Waals surface area contributed by atoms with Crippen LogP contribution in [0.5, 0.6) is 0 Å². The van der Waals surface area contributed by atoms with Crippen LogP contribution in [0.25, 0.3) is 0 Å². The largest absolute Gasteiger partial charge is 0.479 e. The molecule has 0 N–H and O–H groups in total. The predicted octanol–water partition coefficient (Wildman–Crippen LogP) is 3.84. The van der Waals surface area contributed by atoms with E-state index in [0.717, 1.165) is 0 Å².